The van der Waals surface area contributed by atoms with Gasteiger partial charge in [0.2, 0.25) is 0 Å². The van der Waals surface area contributed by atoms with Crippen LogP contribution in [0.2, 0.25) is 0 Å². The first-order chi connectivity index (χ1) is 14.0. The van der Waals surface area contributed by atoms with Gasteiger partial charge in [0.1, 0.15) is 5.76 Å². The lowest BCUT2D eigenvalue weighted by Gasteiger charge is -2.19. The molecule has 0 spiro atoms. The number of para-hydroxylation sites is 1. The molecule has 1 atom stereocenters. The zero-order valence-electron chi connectivity index (χ0n) is 15.7. The molecule has 1 fully saturated rings. The average molecular weight is 389 g/mol. The number of rotatable bonds is 5. The van der Waals surface area contributed by atoms with Gasteiger partial charge in [-0.2, -0.15) is 0 Å². The van der Waals surface area contributed by atoms with Gasteiger partial charge >= 0.3 is 6.03 Å². The maximum Gasteiger partial charge on any atom is 0.325 e. The zero-order chi connectivity index (χ0) is 20.4. The second-order valence-corrected chi connectivity index (χ2v) is 6.94. The number of urea groups is 1. The molecule has 1 aromatic heterocycles. The fourth-order valence-corrected chi connectivity index (χ4v) is 3.24. The molecule has 2 aromatic carbocycles. The van der Waals surface area contributed by atoms with Crippen molar-refractivity contribution in [2.45, 2.75) is 19.0 Å². The molecule has 0 saturated carbocycles. The Bertz CT molecular complexity index is 1050. The van der Waals surface area contributed by atoms with Gasteiger partial charge in [-0.05, 0) is 48.9 Å². The van der Waals surface area contributed by atoms with Crippen molar-refractivity contribution in [3.63, 3.8) is 0 Å². The van der Waals surface area contributed by atoms with Gasteiger partial charge in [-0.25, -0.2) is 4.79 Å². The van der Waals surface area contributed by atoms with Gasteiger partial charge in [0, 0.05) is 11.3 Å². The Morgan fingerprint density at radius 1 is 1.03 bits per heavy atom. The van der Waals surface area contributed by atoms with E-state index in [0.717, 1.165) is 10.5 Å². The minimum atomic E-state index is -1.23. The highest BCUT2D eigenvalue weighted by molar-refractivity contribution is 6.07. The highest BCUT2D eigenvalue weighted by Gasteiger charge is 2.50. The SMILES string of the molecule is C[C@@]1(c2ccco2)NC(=O)N(Cc2ccc(C(=O)Nc3ccccc3)cc2)C1=O. The monoisotopic (exact) mass is 389 g/mol. The molecule has 4 rings (SSSR count). The van der Waals surface area contributed by atoms with Gasteiger partial charge in [0.05, 0.1) is 12.8 Å². The van der Waals surface area contributed by atoms with Crippen LogP contribution in [0, 0.1) is 0 Å². The summed E-state index contributed by atoms with van der Waals surface area (Å²) in [4.78, 5) is 38.7. The van der Waals surface area contributed by atoms with Crippen LogP contribution >= 0.6 is 0 Å². The molecular weight excluding hydrogens is 370 g/mol. The van der Waals surface area contributed by atoms with Crippen molar-refractivity contribution < 1.29 is 18.8 Å². The van der Waals surface area contributed by atoms with Crippen LogP contribution in [-0.2, 0) is 16.9 Å². The second kappa shape index (κ2) is 7.27. The number of carbonyl (C=O) groups is 3. The molecule has 3 aromatic rings. The largest absolute Gasteiger partial charge is 0.466 e. The number of anilines is 1. The standard InChI is InChI=1S/C22H19N3O4/c1-22(18-8-5-13-29-18)20(27)25(21(28)24-22)14-15-9-11-16(12-10-15)19(26)23-17-6-3-2-4-7-17/h2-13H,14H2,1H3,(H,23,26)(H,24,28)/t22-/m0/s1. The summed E-state index contributed by atoms with van der Waals surface area (Å²) in [5.41, 5.74) is 0.692. The fourth-order valence-electron chi connectivity index (χ4n) is 3.24. The number of benzene rings is 2. The van der Waals surface area contributed by atoms with Crippen molar-refractivity contribution in [3.05, 3.63) is 89.9 Å². The van der Waals surface area contributed by atoms with Gasteiger partial charge < -0.3 is 15.1 Å². The Kier molecular flexibility index (Phi) is 4.64. The smallest absolute Gasteiger partial charge is 0.325 e. The Balaban J connectivity index is 1.46. The maximum atomic E-state index is 12.8. The zero-order valence-corrected chi connectivity index (χ0v) is 15.7. The Hall–Kier alpha value is -3.87. The lowest BCUT2D eigenvalue weighted by atomic mass is 9.99. The number of nitrogens with one attached hydrogen (secondary N) is 2. The van der Waals surface area contributed by atoms with E-state index in [2.05, 4.69) is 10.6 Å². The van der Waals surface area contributed by atoms with E-state index in [-0.39, 0.29) is 18.4 Å². The minimum Gasteiger partial charge on any atom is -0.466 e. The Morgan fingerprint density at radius 3 is 2.41 bits per heavy atom. The number of imide groups is 1. The van der Waals surface area contributed by atoms with Gasteiger partial charge in [-0.1, -0.05) is 30.3 Å². The molecule has 1 aliphatic rings. The van der Waals surface area contributed by atoms with Crippen LogP contribution in [0.1, 0.15) is 28.6 Å². The van der Waals surface area contributed by atoms with Gasteiger partial charge in [0.15, 0.2) is 5.54 Å². The lowest BCUT2D eigenvalue weighted by Crippen LogP contribution is -2.40. The van der Waals surface area contributed by atoms with Crippen molar-refractivity contribution in [1.82, 2.24) is 10.2 Å². The molecule has 29 heavy (non-hydrogen) atoms. The molecule has 4 amide bonds. The first-order valence-corrected chi connectivity index (χ1v) is 9.11. The van der Waals surface area contributed by atoms with E-state index < -0.39 is 11.6 Å². The number of furan rings is 1. The number of hydrogen-bond donors (Lipinski definition) is 2. The van der Waals surface area contributed by atoms with Gasteiger partial charge in [0.25, 0.3) is 11.8 Å². The third kappa shape index (κ3) is 3.50. The van der Waals surface area contributed by atoms with Crippen molar-refractivity contribution in [2.75, 3.05) is 5.32 Å². The summed E-state index contributed by atoms with van der Waals surface area (Å²) in [6, 6.07) is 18.8. The van der Waals surface area contributed by atoms with Crippen molar-refractivity contribution >= 4 is 23.5 Å². The van der Waals surface area contributed by atoms with Crippen molar-refractivity contribution in [1.29, 1.82) is 0 Å². The first kappa shape index (κ1) is 18.5. The molecule has 0 unspecified atom stereocenters. The summed E-state index contributed by atoms with van der Waals surface area (Å²) in [5.74, 6) is -0.238. The lowest BCUT2D eigenvalue weighted by molar-refractivity contribution is -0.132. The number of hydrogen-bond acceptors (Lipinski definition) is 4. The third-order valence-electron chi connectivity index (χ3n) is 4.88. The topological polar surface area (TPSA) is 91.7 Å². The van der Waals surface area contributed by atoms with Crippen LogP contribution in [-0.4, -0.2) is 22.7 Å². The molecule has 7 heteroatoms. The van der Waals surface area contributed by atoms with Crippen LogP contribution in [0.25, 0.3) is 0 Å². The average Bonchev–Trinajstić information content (AvgIpc) is 3.34. The summed E-state index contributed by atoms with van der Waals surface area (Å²) in [6.45, 7) is 1.71. The normalized spacial score (nSPS) is 18.6. The van der Waals surface area contributed by atoms with Crippen LogP contribution in [0.15, 0.2) is 77.4 Å². The predicted octanol–water partition coefficient (Wildman–Crippen LogP) is 3.50. The molecule has 1 saturated heterocycles. The highest BCUT2D eigenvalue weighted by atomic mass is 16.3. The molecule has 2 heterocycles. The fraction of sp³-hybridized carbons (Fsp3) is 0.136. The predicted molar refractivity (Wildman–Crippen MR) is 106 cm³/mol. The van der Waals surface area contributed by atoms with Crippen molar-refractivity contribution in [3.8, 4) is 0 Å². The third-order valence-corrected chi connectivity index (χ3v) is 4.88. The maximum absolute atomic E-state index is 12.8. The summed E-state index contributed by atoms with van der Waals surface area (Å²) in [5, 5.41) is 5.50. The highest BCUT2D eigenvalue weighted by Crippen LogP contribution is 2.30. The van der Waals surface area contributed by atoms with Crippen molar-refractivity contribution in [2.24, 2.45) is 0 Å². The molecule has 0 bridgehead atoms. The Morgan fingerprint density at radius 2 is 1.76 bits per heavy atom. The molecule has 7 nitrogen and oxygen atoms in total. The van der Waals surface area contributed by atoms with Crippen LogP contribution in [0.3, 0.4) is 0 Å². The number of amides is 4. The molecule has 0 radical (unpaired) electrons. The summed E-state index contributed by atoms with van der Waals surface area (Å²) in [7, 11) is 0. The van der Waals surface area contributed by atoms with E-state index in [9.17, 15) is 14.4 Å². The summed E-state index contributed by atoms with van der Waals surface area (Å²) < 4.78 is 5.32. The van der Waals surface area contributed by atoms with E-state index >= 15 is 0 Å². The first-order valence-electron chi connectivity index (χ1n) is 9.11. The van der Waals surface area contributed by atoms with Crippen LogP contribution in [0.5, 0.6) is 0 Å². The molecule has 146 valence electrons. The van der Waals surface area contributed by atoms with E-state index in [4.69, 9.17) is 4.42 Å². The minimum absolute atomic E-state index is 0.0988. The molecular formula is C22H19N3O4. The summed E-state index contributed by atoms with van der Waals surface area (Å²) >= 11 is 0. The van der Waals surface area contributed by atoms with E-state index in [1.165, 1.54) is 6.26 Å². The second-order valence-electron chi connectivity index (χ2n) is 6.94. The van der Waals surface area contributed by atoms with Gasteiger partial charge in [-0.15, -0.1) is 0 Å². The van der Waals surface area contributed by atoms with Gasteiger partial charge in [-0.3, -0.25) is 14.5 Å². The van der Waals surface area contributed by atoms with E-state index in [1.807, 2.05) is 18.2 Å². The quantitative estimate of drug-likeness (QED) is 0.654. The molecule has 2 N–H and O–H groups in total. The number of carbonyl (C=O) groups excluding carboxylic acids is 3. The van der Waals surface area contributed by atoms with E-state index in [0.29, 0.717) is 17.0 Å². The summed E-state index contributed by atoms with van der Waals surface area (Å²) in [6.07, 6.45) is 1.46. The van der Waals surface area contributed by atoms with E-state index in [1.54, 1.807) is 55.5 Å². The number of nitrogens with zero attached hydrogens (tertiary/aromatic N) is 1. The molecule has 0 aliphatic carbocycles. The molecule has 1 aliphatic heterocycles. The van der Waals surface area contributed by atoms with Crippen LogP contribution in [0.4, 0.5) is 10.5 Å². The Labute approximate surface area is 167 Å². The van der Waals surface area contributed by atoms with Crippen LogP contribution < -0.4 is 10.6 Å².